The summed E-state index contributed by atoms with van der Waals surface area (Å²) in [6.45, 7) is -2.98. The molecule has 1 heterocycles. The van der Waals surface area contributed by atoms with Gasteiger partial charge in [0.2, 0.25) is 5.88 Å². The number of benzene rings is 1. The van der Waals surface area contributed by atoms with Crippen LogP contribution < -0.4 is 4.74 Å². The molecule has 2 nitrogen and oxygen atoms in total. The average Bonchev–Trinajstić information content (AvgIpc) is 2.34. The topological polar surface area (TPSA) is 22.1 Å². The zero-order valence-corrected chi connectivity index (χ0v) is 11.5. The minimum Gasteiger partial charge on any atom is -0.416 e. The molecular formula is C12H6Cl3F2NO. The van der Waals surface area contributed by atoms with E-state index in [1.54, 1.807) is 12.1 Å². The van der Waals surface area contributed by atoms with Crippen LogP contribution in [0.5, 0.6) is 5.88 Å². The first-order valence-electron chi connectivity index (χ1n) is 5.03. The summed E-state index contributed by atoms with van der Waals surface area (Å²) in [5.41, 5.74) is 0.839. The van der Waals surface area contributed by atoms with Crippen molar-refractivity contribution in [1.29, 1.82) is 0 Å². The molecule has 0 saturated carbocycles. The van der Waals surface area contributed by atoms with E-state index in [-0.39, 0.29) is 5.88 Å². The second-order valence-corrected chi connectivity index (χ2v) is 4.76. The third kappa shape index (κ3) is 3.47. The van der Waals surface area contributed by atoms with E-state index < -0.39 is 6.61 Å². The Labute approximate surface area is 122 Å². The Morgan fingerprint density at radius 3 is 2.42 bits per heavy atom. The van der Waals surface area contributed by atoms with Crippen LogP contribution in [0.3, 0.4) is 0 Å². The second kappa shape index (κ2) is 5.90. The SMILES string of the molecule is FC(F)Oc1ncc(Cl)cc1-c1ccc(Cl)c(Cl)c1. The minimum absolute atomic E-state index is 0.224. The second-order valence-electron chi connectivity index (χ2n) is 3.51. The molecule has 2 aromatic rings. The van der Waals surface area contributed by atoms with Crippen LogP contribution in [-0.4, -0.2) is 11.6 Å². The maximum atomic E-state index is 12.3. The van der Waals surface area contributed by atoms with Gasteiger partial charge < -0.3 is 4.74 Å². The van der Waals surface area contributed by atoms with E-state index in [4.69, 9.17) is 34.8 Å². The molecule has 0 atom stereocenters. The molecular weight excluding hydrogens is 318 g/mol. The summed E-state index contributed by atoms with van der Waals surface area (Å²) in [6, 6.07) is 6.15. The van der Waals surface area contributed by atoms with Crippen molar-refractivity contribution in [2.75, 3.05) is 0 Å². The molecule has 0 aliphatic rings. The molecule has 0 spiro atoms. The van der Waals surface area contributed by atoms with Crippen LogP contribution in [0.4, 0.5) is 8.78 Å². The van der Waals surface area contributed by atoms with Gasteiger partial charge >= 0.3 is 6.61 Å². The Morgan fingerprint density at radius 2 is 1.79 bits per heavy atom. The molecule has 0 unspecified atom stereocenters. The summed E-state index contributed by atoms with van der Waals surface area (Å²) in [7, 11) is 0. The van der Waals surface area contributed by atoms with Crippen molar-refractivity contribution in [3.8, 4) is 17.0 Å². The summed E-state index contributed by atoms with van der Waals surface area (Å²) < 4.78 is 29.0. The van der Waals surface area contributed by atoms with E-state index in [0.29, 0.717) is 26.2 Å². The number of ether oxygens (including phenoxy) is 1. The Hall–Kier alpha value is -1.10. The maximum Gasteiger partial charge on any atom is 0.388 e. The Morgan fingerprint density at radius 1 is 1.05 bits per heavy atom. The molecule has 100 valence electrons. The van der Waals surface area contributed by atoms with Gasteiger partial charge in [-0.15, -0.1) is 0 Å². The van der Waals surface area contributed by atoms with Gasteiger partial charge in [0, 0.05) is 11.8 Å². The number of hydrogen-bond acceptors (Lipinski definition) is 2. The van der Waals surface area contributed by atoms with E-state index >= 15 is 0 Å². The standard InChI is InChI=1S/C12H6Cl3F2NO/c13-7-4-8(11(18-5-7)19-12(16)17)6-1-2-9(14)10(15)3-6/h1-5,12H. The minimum atomic E-state index is -2.98. The number of hydrogen-bond donors (Lipinski definition) is 0. The molecule has 0 fully saturated rings. The van der Waals surface area contributed by atoms with Gasteiger partial charge in [-0.05, 0) is 23.8 Å². The monoisotopic (exact) mass is 323 g/mol. The first kappa shape index (κ1) is 14.3. The number of pyridine rings is 1. The number of aromatic nitrogens is 1. The van der Waals surface area contributed by atoms with Gasteiger partial charge in [0.1, 0.15) is 0 Å². The van der Waals surface area contributed by atoms with Gasteiger partial charge in [-0.25, -0.2) is 4.98 Å². The summed E-state index contributed by atoms with van der Waals surface area (Å²) in [6.07, 6.45) is 1.22. The van der Waals surface area contributed by atoms with Crippen molar-refractivity contribution >= 4 is 34.8 Å². The molecule has 2 rings (SSSR count). The predicted octanol–water partition coefficient (Wildman–Crippen LogP) is 5.31. The molecule has 0 amide bonds. The zero-order valence-electron chi connectivity index (χ0n) is 9.21. The lowest BCUT2D eigenvalue weighted by Crippen LogP contribution is -2.04. The van der Waals surface area contributed by atoms with Crippen LogP contribution in [0, 0.1) is 0 Å². The van der Waals surface area contributed by atoms with Gasteiger partial charge in [0.05, 0.1) is 15.1 Å². The van der Waals surface area contributed by atoms with Crippen molar-refractivity contribution in [1.82, 2.24) is 4.98 Å². The molecule has 1 aromatic heterocycles. The highest BCUT2D eigenvalue weighted by atomic mass is 35.5. The third-order valence-electron chi connectivity index (χ3n) is 2.25. The van der Waals surface area contributed by atoms with Crippen molar-refractivity contribution in [2.24, 2.45) is 0 Å². The van der Waals surface area contributed by atoms with Crippen LogP contribution in [-0.2, 0) is 0 Å². The Balaban J connectivity index is 2.52. The van der Waals surface area contributed by atoms with Crippen LogP contribution >= 0.6 is 34.8 Å². The van der Waals surface area contributed by atoms with E-state index in [0.717, 1.165) is 0 Å². The van der Waals surface area contributed by atoms with Crippen LogP contribution in [0.25, 0.3) is 11.1 Å². The maximum absolute atomic E-state index is 12.3. The molecule has 19 heavy (non-hydrogen) atoms. The van der Waals surface area contributed by atoms with E-state index in [1.165, 1.54) is 18.3 Å². The number of nitrogens with zero attached hydrogens (tertiary/aromatic N) is 1. The molecule has 0 saturated heterocycles. The number of rotatable bonds is 3. The summed E-state index contributed by atoms with van der Waals surface area (Å²) in [5, 5.41) is 0.946. The lowest BCUT2D eigenvalue weighted by Gasteiger charge is -2.10. The van der Waals surface area contributed by atoms with Crippen LogP contribution in [0.2, 0.25) is 15.1 Å². The quantitative estimate of drug-likeness (QED) is 0.763. The summed E-state index contributed by atoms with van der Waals surface area (Å²) in [4.78, 5) is 3.74. The third-order valence-corrected chi connectivity index (χ3v) is 3.19. The normalized spacial score (nSPS) is 10.8. The van der Waals surface area contributed by atoms with Gasteiger partial charge in [-0.2, -0.15) is 8.78 Å². The summed E-state index contributed by atoms with van der Waals surface area (Å²) in [5.74, 6) is -0.224. The Kier molecular flexibility index (Phi) is 4.45. The molecule has 1 aromatic carbocycles. The van der Waals surface area contributed by atoms with Crippen molar-refractivity contribution in [3.63, 3.8) is 0 Å². The molecule has 0 radical (unpaired) electrons. The largest absolute Gasteiger partial charge is 0.416 e. The van der Waals surface area contributed by atoms with Crippen LogP contribution in [0.1, 0.15) is 0 Å². The molecule has 0 aliphatic heterocycles. The highest BCUT2D eigenvalue weighted by molar-refractivity contribution is 6.42. The number of halogens is 5. The van der Waals surface area contributed by atoms with Gasteiger partial charge in [0.15, 0.2) is 0 Å². The highest BCUT2D eigenvalue weighted by Crippen LogP contribution is 2.34. The zero-order chi connectivity index (χ0) is 14.0. The molecule has 0 bridgehead atoms. The fourth-order valence-electron chi connectivity index (χ4n) is 1.48. The van der Waals surface area contributed by atoms with Crippen molar-refractivity contribution < 1.29 is 13.5 Å². The average molecular weight is 325 g/mol. The van der Waals surface area contributed by atoms with Crippen molar-refractivity contribution in [3.05, 3.63) is 45.5 Å². The number of alkyl halides is 2. The van der Waals surface area contributed by atoms with Crippen LogP contribution in [0.15, 0.2) is 30.5 Å². The van der Waals surface area contributed by atoms with Gasteiger partial charge in [-0.3, -0.25) is 0 Å². The first-order chi connectivity index (χ1) is 8.97. The fraction of sp³-hybridized carbons (Fsp3) is 0.0833. The lowest BCUT2D eigenvalue weighted by atomic mass is 10.1. The highest BCUT2D eigenvalue weighted by Gasteiger charge is 2.14. The van der Waals surface area contributed by atoms with Crippen molar-refractivity contribution in [2.45, 2.75) is 6.61 Å². The first-order valence-corrected chi connectivity index (χ1v) is 6.16. The van der Waals surface area contributed by atoms with E-state index in [9.17, 15) is 8.78 Å². The Bertz CT molecular complexity index is 608. The van der Waals surface area contributed by atoms with Gasteiger partial charge in [0.25, 0.3) is 0 Å². The van der Waals surface area contributed by atoms with E-state index in [1.807, 2.05) is 0 Å². The summed E-state index contributed by atoms with van der Waals surface area (Å²) >= 11 is 17.5. The predicted molar refractivity (Wildman–Crippen MR) is 71.3 cm³/mol. The fourth-order valence-corrected chi connectivity index (χ4v) is 1.93. The molecule has 7 heteroatoms. The molecule has 0 N–H and O–H groups in total. The van der Waals surface area contributed by atoms with Gasteiger partial charge in [-0.1, -0.05) is 40.9 Å². The van der Waals surface area contributed by atoms with E-state index in [2.05, 4.69) is 9.72 Å². The lowest BCUT2D eigenvalue weighted by molar-refractivity contribution is -0.0524. The smallest absolute Gasteiger partial charge is 0.388 e. The molecule has 0 aliphatic carbocycles.